The predicted molar refractivity (Wildman–Crippen MR) is 146 cm³/mol. The van der Waals surface area contributed by atoms with Crippen LogP contribution in [0.4, 0.5) is 0 Å². The number of hydrogen-bond acceptors (Lipinski definition) is 3. The Hall–Kier alpha value is -4.18. The van der Waals surface area contributed by atoms with Crippen molar-refractivity contribution < 1.29 is 4.42 Å². The molecule has 6 rings (SSSR count). The predicted octanol–water partition coefficient (Wildman–Crippen LogP) is 7.32. The third-order valence-electron chi connectivity index (χ3n) is 6.97. The number of allylic oxidation sites excluding steroid dienone is 3. The monoisotopic (exact) mass is 457 g/mol. The highest BCUT2D eigenvalue weighted by Gasteiger charge is 2.20. The summed E-state index contributed by atoms with van der Waals surface area (Å²) < 4.78 is 6.19. The average molecular weight is 458 g/mol. The zero-order chi connectivity index (χ0) is 23.8. The fourth-order valence-corrected chi connectivity index (χ4v) is 5.13. The van der Waals surface area contributed by atoms with E-state index in [0.717, 1.165) is 70.0 Å². The SMILES string of the molecule is CC1=C(C(=N/N)/N=C(\c2ccc3c(c2)C=CCC3)c2cccc3oc4ccccc4c23)C=CCC1. The number of para-hydroxylation sites is 1. The summed E-state index contributed by atoms with van der Waals surface area (Å²) in [5, 5.41) is 6.28. The number of hydrazone groups is 1. The van der Waals surface area contributed by atoms with E-state index in [1.807, 2.05) is 30.3 Å². The summed E-state index contributed by atoms with van der Waals surface area (Å²) in [5.41, 5.74) is 9.44. The van der Waals surface area contributed by atoms with Crippen LogP contribution in [0.5, 0.6) is 0 Å². The van der Waals surface area contributed by atoms with Crippen molar-refractivity contribution in [2.45, 2.75) is 32.6 Å². The van der Waals surface area contributed by atoms with Crippen LogP contribution in [-0.2, 0) is 6.42 Å². The molecule has 0 atom stereocenters. The van der Waals surface area contributed by atoms with E-state index in [1.54, 1.807) is 0 Å². The van der Waals surface area contributed by atoms with Gasteiger partial charge >= 0.3 is 0 Å². The summed E-state index contributed by atoms with van der Waals surface area (Å²) in [7, 11) is 0. The molecule has 0 spiro atoms. The molecule has 0 radical (unpaired) electrons. The normalized spacial score (nSPS) is 16.4. The molecule has 2 aliphatic carbocycles. The van der Waals surface area contributed by atoms with E-state index in [4.69, 9.17) is 15.3 Å². The highest BCUT2D eigenvalue weighted by atomic mass is 16.3. The van der Waals surface area contributed by atoms with Gasteiger partial charge in [0.1, 0.15) is 11.2 Å². The molecule has 35 heavy (non-hydrogen) atoms. The lowest BCUT2D eigenvalue weighted by Crippen LogP contribution is -2.13. The minimum absolute atomic E-state index is 0.548. The Morgan fingerprint density at radius 3 is 2.60 bits per heavy atom. The maximum Gasteiger partial charge on any atom is 0.179 e. The lowest BCUT2D eigenvalue weighted by molar-refractivity contribution is 0.669. The van der Waals surface area contributed by atoms with E-state index in [-0.39, 0.29) is 0 Å². The van der Waals surface area contributed by atoms with Crippen molar-refractivity contribution in [1.29, 1.82) is 0 Å². The van der Waals surface area contributed by atoms with Gasteiger partial charge in [-0.2, -0.15) is 5.10 Å². The van der Waals surface area contributed by atoms with Gasteiger partial charge in [-0.25, -0.2) is 4.99 Å². The number of aliphatic imine (C=N–C) groups is 1. The topological polar surface area (TPSA) is 63.9 Å². The van der Waals surface area contributed by atoms with E-state index in [2.05, 4.69) is 66.7 Å². The molecule has 0 saturated heterocycles. The Balaban J connectivity index is 1.63. The first-order chi connectivity index (χ1) is 17.2. The van der Waals surface area contributed by atoms with Crippen LogP contribution in [-0.4, -0.2) is 11.5 Å². The quantitative estimate of drug-likeness (QED) is 0.152. The highest BCUT2D eigenvalue weighted by Crippen LogP contribution is 2.33. The number of fused-ring (bicyclic) bond motifs is 4. The van der Waals surface area contributed by atoms with Crippen LogP contribution < -0.4 is 5.84 Å². The van der Waals surface area contributed by atoms with Gasteiger partial charge in [0.2, 0.25) is 0 Å². The molecule has 0 amide bonds. The maximum absolute atomic E-state index is 6.19. The first-order valence-corrected chi connectivity index (χ1v) is 12.2. The molecular weight excluding hydrogens is 430 g/mol. The molecule has 0 aliphatic heterocycles. The molecule has 4 aromatic rings. The largest absolute Gasteiger partial charge is 0.456 e. The average Bonchev–Trinajstić information content (AvgIpc) is 3.29. The van der Waals surface area contributed by atoms with Crippen molar-refractivity contribution >= 4 is 39.6 Å². The van der Waals surface area contributed by atoms with Gasteiger partial charge in [-0.3, -0.25) is 0 Å². The number of rotatable bonds is 3. The first kappa shape index (κ1) is 21.4. The van der Waals surface area contributed by atoms with Crippen molar-refractivity contribution in [1.82, 2.24) is 0 Å². The van der Waals surface area contributed by atoms with E-state index in [1.165, 1.54) is 16.7 Å². The molecule has 1 heterocycles. The molecule has 2 N–H and O–H groups in total. The second-order valence-corrected chi connectivity index (χ2v) is 9.18. The lowest BCUT2D eigenvalue weighted by Gasteiger charge is -2.16. The van der Waals surface area contributed by atoms with Crippen molar-refractivity contribution in [3.63, 3.8) is 0 Å². The third-order valence-corrected chi connectivity index (χ3v) is 6.97. The van der Waals surface area contributed by atoms with Crippen LogP contribution in [0.15, 0.2) is 105 Å². The van der Waals surface area contributed by atoms with Crippen molar-refractivity contribution in [2.24, 2.45) is 15.9 Å². The number of amidine groups is 1. The fraction of sp³-hybridized carbons (Fsp3) is 0.161. The van der Waals surface area contributed by atoms with Crippen molar-refractivity contribution in [3.8, 4) is 0 Å². The number of nitrogens with zero attached hydrogens (tertiary/aromatic N) is 2. The van der Waals surface area contributed by atoms with Crippen molar-refractivity contribution in [2.75, 3.05) is 0 Å². The fourth-order valence-electron chi connectivity index (χ4n) is 5.13. The second kappa shape index (κ2) is 8.88. The Morgan fingerprint density at radius 1 is 0.886 bits per heavy atom. The van der Waals surface area contributed by atoms with Crippen LogP contribution in [0, 0.1) is 0 Å². The Kier molecular flexibility index (Phi) is 5.42. The molecule has 2 aliphatic rings. The molecule has 0 unspecified atom stereocenters. The third kappa shape index (κ3) is 3.81. The molecule has 172 valence electrons. The molecule has 0 saturated carbocycles. The zero-order valence-corrected chi connectivity index (χ0v) is 19.8. The molecule has 0 bridgehead atoms. The van der Waals surface area contributed by atoms with Gasteiger partial charge < -0.3 is 10.3 Å². The van der Waals surface area contributed by atoms with E-state index >= 15 is 0 Å². The zero-order valence-electron chi connectivity index (χ0n) is 19.8. The Bertz CT molecular complexity index is 1610. The van der Waals surface area contributed by atoms with Crippen LogP contribution in [0.25, 0.3) is 28.0 Å². The Labute approximate surface area is 204 Å². The van der Waals surface area contributed by atoms with Gasteiger partial charge in [0.05, 0.1) is 5.71 Å². The minimum Gasteiger partial charge on any atom is -0.456 e. The summed E-state index contributed by atoms with van der Waals surface area (Å²) in [4.78, 5) is 5.16. The number of benzene rings is 3. The molecule has 3 aromatic carbocycles. The summed E-state index contributed by atoms with van der Waals surface area (Å²) >= 11 is 0. The van der Waals surface area contributed by atoms with Crippen LogP contribution in [0.1, 0.15) is 48.4 Å². The second-order valence-electron chi connectivity index (χ2n) is 9.18. The maximum atomic E-state index is 6.19. The number of nitrogens with two attached hydrogens (primary N) is 1. The number of hydrogen-bond donors (Lipinski definition) is 1. The van der Waals surface area contributed by atoms with Crippen LogP contribution in [0.2, 0.25) is 0 Å². The smallest absolute Gasteiger partial charge is 0.179 e. The highest BCUT2D eigenvalue weighted by molar-refractivity contribution is 6.27. The van der Waals surface area contributed by atoms with Gasteiger partial charge in [0.15, 0.2) is 5.84 Å². The summed E-state index contributed by atoms with van der Waals surface area (Å²) in [5.74, 6) is 6.50. The molecular formula is C31H27N3O. The van der Waals surface area contributed by atoms with Gasteiger partial charge in [-0.15, -0.1) is 0 Å². The van der Waals surface area contributed by atoms with Crippen LogP contribution >= 0.6 is 0 Å². The molecule has 1 aromatic heterocycles. The standard InChI is InChI=1S/C31H27N3O/c1-20-9-2-5-12-24(20)31(34-32)33-30(23-18-17-21-10-3-4-11-22(21)19-23)26-14-8-16-28-29(26)25-13-6-7-15-27(25)35-28/h4-8,11-19H,2-3,9-10,32H2,1H3/b33-30+,34-31-. The first-order valence-electron chi connectivity index (χ1n) is 12.2. The Morgan fingerprint density at radius 2 is 1.71 bits per heavy atom. The lowest BCUT2D eigenvalue weighted by atomic mass is 9.91. The number of furan rings is 1. The summed E-state index contributed by atoms with van der Waals surface area (Å²) in [6, 6.07) is 20.9. The van der Waals surface area contributed by atoms with Gasteiger partial charge in [0.25, 0.3) is 0 Å². The van der Waals surface area contributed by atoms with E-state index < -0.39 is 0 Å². The summed E-state index contributed by atoms with van der Waals surface area (Å²) in [6.07, 6.45) is 12.9. The molecule has 0 fully saturated rings. The molecule has 4 nitrogen and oxygen atoms in total. The molecule has 4 heteroatoms. The summed E-state index contributed by atoms with van der Waals surface area (Å²) in [6.45, 7) is 2.13. The van der Waals surface area contributed by atoms with Gasteiger partial charge in [-0.1, -0.05) is 72.3 Å². The van der Waals surface area contributed by atoms with Crippen molar-refractivity contribution in [3.05, 3.63) is 112 Å². The number of aryl methyl sites for hydroxylation is 1. The van der Waals surface area contributed by atoms with Crippen LogP contribution in [0.3, 0.4) is 0 Å². The van der Waals surface area contributed by atoms with Gasteiger partial charge in [-0.05, 0) is 61.9 Å². The van der Waals surface area contributed by atoms with Gasteiger partial charge in [0, 0.05) is 27.5 Å². The van der Waals surface area contributed by atoms with E-state index in [9.17, 15) is 0 Å². The minimum atomic E-state index is 0.548. The van der Waals surface area contributed by atoms with E-state index in [0.29, 0.717) is 5.84 Å².